The SMILES string of the molecule is NCCCCCN1CCCN(c2ncc[nH]c2=O)CC1. The summed E-state index contributed by atoms with van der Waals surface area (Å²) in [6.07, 6.45) is 7.83. The number of nitrogens with zero attached hydrogens (tertiary/aromatic N) is 3. The molecule has 0 atom stereocenters. The first-order valence-corrected chi connectivity index (χ1v) is 7.52. The molecule has 20 heavy (non-hydrogen) atoms. The second-order valence-electron chi connectivity index (χ2n) is 5.27. The molecule has 0 spiro atoms. The predicted octanol–water partition coefficient (Wildman–Crippen LogP) is 0.411. The fourth-order valence-corrected chi connectivity index (χ4v) is 2.63. The third-order valence-corrected chi connectivity index (χ3v) is 3.76. The van der Waals surface area contributed by atoms with Gasteiger partial charge in [0.25, 0.3) is 5.56 Å². The molecule has 1 saturated heterocycles. The highest BCUT2D eigenvalue weighted by molar-refractivity contribution is 5.35. The van der Waals surface area contributed by atoms with Gasteiger partial charge in [0.1, 0.15) is 0 Å². The Morgan fingerprint density at radius 1 is 1.20 bits per heavy atom. The first kappa shape index (κ1) is 15.0. The van der Waals surface area contributed by atoms with Crippen LogP contribution in [0.3, 0.4) is 0 Å². The van der Waals surface area contributed by atoms with Crippen LogP contribution in [0.4, 0.5) is 5.82 Å². The van der Waals surface area contributed by atoms with Gasteiger partial charge in [-0.1, -0.05) is 6.42 Å². The van der Waals surface area contributed by atoms with E-state index in [9.17, 15) is 4.79 Å². The Kier molecular flexibility index (Phi) is 6.01. The summed E-state index contributed by atoms with van der Waals surface area (Å²) < 4.78 is 0. The highest BCUT2D eigenvalue weighted by Gasteiger charge is 2.17. The first-order valence-electron chi connectivity index (χ1n) is 7.52. The topological polar surface area (TPSA) is 78.2 Å². The minimum absolute atomic E-state index is 0.0936. The molecule has 0 unspecified atom stereocenters. The van der Waals surface area contributed by atoms with E-state index >= 15 is 0 Å². The molecule has 0 aliphatic carbocycles. The van der Waals surface area contributed by atoms with Crippen LogP contribution in [0.1, 0.15) is 25.7 Å². The fourth-order valence-electron chi connectivity index (χ4n) is 2.63. The molecule has 0 saturated carbocycles. The molecule has 1 aliphatic heterocycles. The van der Waals surface area contributed by atoms with Crippen molar-refractivity contribution in [1.29, 1.82) is 0 Å². The van der Waals surface area contributed by atoms with Crippen LogP contribution in [0.2, 0.25) is 0 Å². The van der Waals surface area contributed by atoms with Crippen LogP contribution >= 0.6 is 0 Å². The zero-order valence-electron chi connectivity index (χ0n) is 12.1. The molecule has 6 heteroatoms. The summed E-state index contributed by atoms with van der Waals surface area (Å²) in [5.74, 6) is 0.553. The van der Waals surface area contributed by atoms with Gasteiger partial charge in [-0.15, -0.1) is 0 Å². The van der Waals surface area contributed by atoms with E-state index in [0.717, 1.165) is 52.1 Å². The Labute approximate surface area is 120 Å². The van der Waals surface area contributed by atoms with Crippen molar-refractivity contribution >= 4 is 5.82 Å². The van der Waals surface area contributed by atoms with E-state index in [4.69, 9.17) is 5.73 Å². The number of H-pyrrole nitrogens is 1. The summed E-state index contributed by atoms with van der Waals surface area (Å²) in [6, 6.07) is 0. The van der Waals surface area contributed by atoms with Crippen LogP contribution in [-0.4, -0.2) is 54.1 Å². The minimum atomic E-state index is -0.0936. The van der Waals surface area contributed by atoms with Crippen molar-refractivity contribution in [2.24, 2.45) is 5.73 Å². The number of rotatable bonds is 6. The Balaban J connectivity index is 1.83. The van der Waals surface area contributed by atoms with Crippen molar-refractivity contribution in [3.8, 4) is 0 Å². The minimum Gasteiger partial charge on any atom is -0.351 e. The van der Waals surface area contributed by atoms with Crippen molar-refractivity contribution in [3.63, 3.8) is 0 Å². The molecular formula is C14H25N5O. The number of anilines is 1. The molecule has 0 radical (unpaired) electrons. The van der Waals surface area contributed by atoms with Crippen LogP contribution in [-0.2, 0) is 0 Å². The van der Waals surface area contributed by atoms with Gasteiger partial charge in [-0.05, 0) is 38.9 Å². The van der Waals surface area contributed by atoms with Crippen LogP contribution in [0.25, 0.3) is 0 Å². The Morgan fingerprint density at radius 3 is 2.90 bits per heavy atom. The number of aromatic amines is 1. The van der Waals surface area contributed by atoms with Gasteiger partial charge in [0.15, 0.2) is 5.82 Å². The fraction of sp³-hybridized carbons (Fsp3) is 0.714. The molecule has 1 aromatic rings. The van der Waals surface area contributed by atoms with Gasteiger partial charge in [0, 0.05) is 32.0 Å². The van der Waals surface area contributed by atoms with E-state index in [1.807, 2.05) is 0 Å². The highest BCUT2D eigenvalue weighted by atomic mass is 16.1. The number of nitrogens with one attached hydrogen (secondary N) is 1. The van der Waals surface area contributed by atoms with E-state index in [2.05, 4.69) is 19.8 Å². The van der Waals surface area contributed by atoms with E-state index in [1.54, 1.807) is 12.4 Å². The maximum absolute atomic E-state index is 11.8. The molecule has 2 rings (SSSR count). The standard InChI is InChI=1S/C14H25N5O/c15-5-2-1-3-8-18-9-4-10-19(12-11-18)13-14(20)17-7-6-16-13/h6-7H,1-5,8-12,15H2,(H,17,20). The zero-order valence-corrected chi connectivity index (χ0v) is 12.1. The summed E-state index contributed by atoms with van der Waals surface area (Å²) in [7, 11) is 0. The summed E-state index contributed by atoms with van der Waals surface area (Å²) >= 11 is 0. The van der Waals surface area contributed by atoms with E-state index in [1.165, 1.54) is 12.8 Å². The van der Waals surface area contributed by atoms with Crippen molar-refractivity contribution in [2.75, 3.05) is 44.2 Å². The van der Waals surface area contributed by atoms with Crippen LogP contribution < -0.4 is 16.2 Å². The van der Waals surface area contributed by atoms with Crippen molar-refractivity contribution < 1.29 is 0 Å². The van der Waals surface area contributed by atoms with Crippen molar-refractivity contribution in [2.45, 2.75) is 25.7 Å². The molecule has 1 fully saturated rings. The lowest BCUT2D eigenvalue weighted by Gasteiger charge is -2.21. The zero-order chi connectivity index (χ0) is 14.2. The number of hydrogen-bond acceptors (Lipinski definition) is 5. The molecule has 112 valence electrons. The lowest BCUT2D eigenvalue weighted by atomic mass is 10.2. The van der Waals surface area contributed by atoms with Gasteiger partial charge in [-0.25, -0.2) is 4.98 Å². The Morgan fingerprint density at radius 2 is 2.10 bits per heavy atom. The monoisotopic (exact) mass is 279 g/mol. The molecule has 2 heterocycles. The lowest BCUT2D eigenvalue weighted by molar-refractivity contribution is 0.286. The summed E-state index contributed by atoms with van der Waals surface area (Å²) in [5, 5.41) is 0. The van der Waals surface area contributed by atoms with Crippen LogP contribution in [0.5, 0.6) is 0 Å². The van der Waals surface area contributed by atoms with Gasteiger partial charge < -0.3 is 20.5 Å². The molecule has 1 aliphatic rings. The van der Waals surface area contributed by atoms with E-state index in [-0.39, 0.29) is 5.56 Å². The third-order valence-electron chi connectivity index (χ3n) is 3.76. The van der Waals surface area contributed by atoms with Gasteiger partial charge in [0.05, 0.1) is 0 Å². The quantitative estimate of drug-likeness (QED) is 0.738. The lowest BCUT2D eigenvalue weighted by Crippen LogP contribution is -2.34. The summed E-state index contributed by atoms with van der Waals surface area (Å²) in [4.78, 5) is 23.2. The summed E-state index contributed by atoms with van der Waals surface area (Å²) in [5.41, 5.74) is 5.42. The molecule has 0 aromatic carbocycles. The summed E-state index contributed by atoms with van der Waals surface area (Å²) in [6.45, 7) is 5.79. The van der Waals surface area contributed by atoms with Gasteiger partial charge >= 0.3 is 0 Å². The molecule has 1 aromatic heterocycles. The molecule has 3 N–H and O–H groups in total. The number of aromatic nitrogens is 2. The van der Waals surface area contributed by atoms with Crippen LogP contribution in [0, 0.1) is 0 Å². The molecule has 0 bridgehead atoms. The van der Waals surface area contributed by atoms with Crippen molar-refractivity contribution in [1.82, 2.24) is 14.9 Å². The predicted molar refractivity (Wildman–Crippen MR) is 81.0 cm³/mol. The third kappa shape index (κ3) is 4.31. The number of unbranched alkanes of at least 4 members (excludes halogenated alkanes) is 2. The normalized spacial score (nSPS) is 17.1. The van der Waals surface area contributed by atoms with Gasteiger partial charge in [-0.3, -0.25) is 4.79 Å². The largest absolute Gasteiger partial charge is 0.351 e. The first-order chi connectivity index (χ1) is 9.81. The van der Waals surface area contributed by atoms with E-state index < -0.39 is 0 Å². The highest BCUT2D eigenvalue weighted by Crippen LogP contribution is 2.09. The molecule has 0 amide bonds. The number of nitrogens with two attached hydrogens (primary N) is 1. The van der Waals surface area contributed by atoms with E-state index in [0.29, 0.717) is 5.82 Å². The average Bonchev–Trinajstić information content (AvgIpc) is 2.70. The van der Waals surface area contributed by atoms with Crippen molar-refractivity contribution in [3.05, 3.63) is 22.7 Å². The second kappa shape index (κ2) is 8.01. The van der Waals surface area contributed by atoms with Crippen LogP contribution in [0.15, 0.2) is 17.2 Å². The maximum Gasteiger partial charge on any atom is 0.290 e. The molecular weight excluding hydrogens is 254 g/mol. The maximum atomic E-state index is 11.8. The second-order valence-corrected chi connectivity index (χ2v) is 5.27. The van der Waals surface area contributed by atoms with Gasteiger partial charge in [0.2, 0.25) is 0 Å². The number of hydrogen-bond donors (Lipinski definition) is 2. The average molecular weight is 279 g/mol. The Hall–Kier alpha value is -1.40. The molecule has 6 nitrogen and oxygen atoms in total. The smallest absolute Gasteiger partial charge is 0.290 e. The van der Waals surface area contributed by atoms with Gasteiger partial charge in [-0.2, -0.15) is 0 Å². The Bertz CT molecular complexity index is 447.